The Hall–Kier alpha value is -0.120. The minimum atomic E-state index is 0.233. The number of rotatable bonds is 5. The third kappa shape index (κ3) is 3.94. The fourth-order valence-corrected chi connectivity index (χ4v) is 2.41. The summed E-state index contributed by atoms with van der Waals surface area (Å²) in [6, 6.07) is 0.622. The normalized spacial score (nSPS) is 28.9. The van der Waals surface area contributed by atoms with E-state index in [0.717, 1.165) is 25.6 Å². The lowest BCUT2D eigenvalue weighted by Gasteiger charge is -2.48. The molecular formula is C14H30N2O. The zero-order valence-electron chi connectivity index (χ0n) is 12.4. The molecule has 1 N–H and O–H groups in total. The van der Waals surface area contributed by atoms with Crippen LogP contribution in [0.25, 0.3) is 0 Å². The summed E-state index contributed by atoms with van der Waals surface area (Å²) in [7, 11) is 1.80. The van der Waals surface area contributed by atoms with Crippen LogP contribution in [0.4, 0.5) is 0 Å². The number of hydrogen-bond acceptors (Lipinski definition) is 3. The molecule has 1 aliphatic rings. The maximum Gasteiger partial charge on any atom is 0.0670 e. The van der Waals surface area contributed by atoms with E-state index in [1.165, 1.54) is 6.42 Å². The van der Waals surface area contributed by atoms with Crippen LogP contribution in [0.3, 0.4) is 0 Å². The average Bonchev–Trinajstić information content (AvgIpc) is 2.30. The van der Waals surface area contributed by atoms with Gasteiger partial charge >= 0.3 is 0 Å². The minimum absolute atomic E-state index is 0.233. The zero-order chi connectivity index (χ0) is 13.1. The molecule has 17 heavy (non-hydrogen) atoms. The second-order valence-electron chi connectivity index (χ2n) is 6.14. The van der Waals surface area contributed by atoms with Crippen molar-refractivity contribution >= 4 is 0 Å². The van der Waals surface area contributed by atoms with Gasteiger partial charge in [-0.25, -0.2) is 0 Å². The minimum Gasteiger partial charge on any atom is -0.380 e. The van der Waals surface area contributed by atoms with E-state index in [1.54, 1.807) is 7.11 Å². The fourth-order valence-electron chi connectivity index (χ4n) is 2.41. The number of ether oxygens (including phenoxy) is 1. The molecule has 0 aromatic heterocycles. The van der Waals surface area contributed by atoms with Gasteiger partial charge in [-0.3, -0.25) is 4.90 Å². The Bertz CT molecular complexity index is 230. The van der Waals surface area contributed by atoms with E-state index >= 15 is 0 Å². The highest BCUT2D eigenvalue weighted by molar-refractivity contribution is 4.94. The summed E-state index contributed by atoms with van der Waals surface area (Å²) < 4.78 is 5.41. The van der Waals surface area contributed by atoms with E-state index in [-0.39, 0.29) is 5.54 Å². The molecule has 1 aliphatic heterocycles. The van der Waals surface area contributed by atoms with Crippen molar-refractivity contribution in [2.75, 3.05) is 26.7 Å². The molecule has 0 spiro atoms. The molecule has 0 radical (unpaired) electrons. The van der Waals surface area contributed by atoms with Gasteiger partial charge in [0, 0.05) is 38.3 Å². The summed E-state index contributed by atoms with van der Waals surface area (Å²) in [6.07, 6.45) is 1.55. The Kier molecular flexibility index (Phi) is 5.42. The van der Waals surface area contributed by atoms with Gasteiger partial charge in [-0.05, 0) is 26.7 Å². The van der Waals surface area contributed by atoms with Crippen molar-refractivity contribution in [1.82, 2.24) is 10.2 Å². The van der Waals surface area contributed by atoms with Gasteiger partial charge in [0.15, 0.2) is 0 Å². The molecule has 1 saturated heterocycles. The number of nitrogens with one attached hydrogen (secondary N) is 1. The third-order valence-corrected chi connectivity index (χ3v) is 4.28. The number of hydrogen-bond donors (Lipinski definition) is 1. The molecule has 0 bridgehead atoms. The molecule has 0 aliphatic carbocycles. The fraction of sp³-hybridized carbons (Fsp3) is 1.00. The molecule has 3 atom stereocenters. The molecule has 1 fully saturated rings. The molecule has 102 valence electrons. The highest BCUT2D eigenvalue weighted by Gasteiger charge is 2.35. The number of piperazine rings is 1. The van der Waals surface area contributed by atoms with Gasteiger partial charge in [0.25, 0.3) is 0 Å². The van der Waals surface area contributed by atoms with Gasteiger partial charge in [0.05, 0.1) is 6.10 Å². The van der Waals surface area contributed by atoms with E-state index in [0.29, 0.717) is 12.1 Å². The van der Waals surface area contributed by atoms with Crippen LogP contribution in [-0.4, -0.2) is 49.3 Å². The summed E-state index contributed by atoms with van der Waals surface area (Å²) in [4.78, 5) is 2.58. The predicted molar refractivity (Wildman–Crippen MR) is 73.4 cm³/mol. The smallest absolute Gasteiger partial charge is 0.0670 e. The highest BCUT2D eigenvalue weighted by Crippen LogP contribution is 2.22. The van der Waals surface area contributed by atoms with E-state index in [2.05, 4.69) is 44.8 Å². The van der Waals surface area contributed by atoms with Crippen LogP contribution >= 0.6 is 0 Å². The lowest BCUT2D eigenvalue weighted by atomic mass is 9.90. The molecule has 3 heteroatoms. The van der Waals surface area contributed by atoms with Crippen molar-refractivity contribution in [2.24, 2.45) is 5.92 Å². The number of methoxy groups -OCH3 is 1. The van der Waals surface area contributed by atoms with Crippen molar-refractivity contribution in [2.45, 2.75) is 58.7 Å². The lowest BCUT2D eigenvalue weighted by molar-refractivity contribution is 0.00161. The van der Waals surface area contributed by atoms with E-state index in [4.69, 9.17) is 4.74 Å². The molecule has 0 aromatic rings. The van der Waals surface area contributed by atoms with Crippen LogP contribution in [0.15, 0.2) is 0 Å². The first-order valence-electron chi connectivity index (χ1n) is 6.92. The van der Waals surface area contributed by atoms with Crippen molar-refractivity contribution in [3.8, 4) is 0 Å². The first kappa shape index (κ1) is 14.9. The first-order valence-corrected chi connectivity index (χ1v) is 6.92. The van der Waals surface area contributed by atoms with E-state index in [9.17, 15) is 0 Å². The first-order chi connectivity index (χ1) is 7.90. The van der Waals surface area contributed by atoms with Crippen molar-refractivity contribution in [3.05, 3.63) is 0 Å². The molecular weight excluding hydrogens is 212 g/mol. The number of nitrogens with zero attached hydrogens (tertiary/aromatic N) is 1. The largest absolute Gasteiger partial charge is 0.380 e. The van der Waals surface area contributed by atoms with Gasteiger partial charge in [0.2, 0.25) is 0 Å². The predicted octanol–water partition coefficient (Wildman–Crippen LogP) is 2.12. The third-order valence-electron chi connectivity index (χ3n) is 4.28. The summed E-state index contributed by atoms with van der Waals surface area (Å²) in [6.45, 7) is 14.6. The molecule has 3 nitrogen and oxygen atoms in total. The Morgan fingerprint density at radius 3 is 2.59 bits per heavy atom. The van der Waals surface area contributed by atoms with Gasteiger partial charge in [-0.15, -0.1) is 0 Å². The van der Waals surface area contributed by atoms with Gasteiger partial charge in [-0.1, -0.05) is 20.3 Å². The standard InChI is InChI=1S/C14H30N2O/c1-7-11(2)13-9-16(8-12(3)17-6)14(4,5)10-15-13/h11-13,15H,7-10H2,1-6H3. The molecule has 0 aromatic carbocycles. The second-order valence-corrected chi connectivity index (χ2v) is 6.14. The van der Waals surface area contributed by atoms with Gasteiger partial charge in [0.1, 0.15) is 0 Å². The SMILES string of the molecule is CCC(C)C1CN(CC(C)OC)C(C)(C)CN1. The highest BCUT2D eigenvalue weighted by atomic mass is 16.5. The quantitative estimate of drug-likeness (QED) is 0.799. The topological polar surface area (TPSA) is 24.5 Å². The van der Waals surface area contributed by atoms with Crippen molar-refractivity contribution in [1.29, 1.82) is 0 Å². The lowest BCUT2D eigenvalue weighted by Crippen LogP contribution is -2.64. The average molecular weight is 242 g/mol. The summed E-state index contributed by atoms with van der Waals surface area (Å²) in [5, 5.41) is 3.70. The molecule has 1 heterocycles. The maximum absolute atomic E-state index is 5.41. The molecule has 0 amide bonds. The summed E-state index contributed by atoms with van der Waals surface area (Å²) in [5.41, 5.74) is 0.233. The van der Waals surface area contributed by atoms with E-state index < -0.39 is 0 Å². The van der Waals surface area contributed by atoms with Crippen molar-refractivity contribution < 1.29 is 4.74 Å². The van der Waals surface area contributed by atoms with Crippen LogP contribution in [0.2, 0.25) is 0 Å². The Morgan fingerprint density at radius 2 is 2.06 bits per heavy atom. The monoisotopic (exact) mass is 242 g/mol. The Labute approximate surface area is 107 Å². The maximum atomic E-state index is 5.41. The van der Waals surface area contributed by atoms with Gasteiger partial charge < -0.3 is 10.1 Å². The zero-order valence-corrected chi connectivity index (χ0v) is 12.4. The van der Waals surface area contributed by atoms with Crippen LogP contribution in [-0.2, 0) is 4.74 Å². The molecule has 3 unspecified atom stereocenters. The second kappa shape index (κ2) is 6.17. The van der Waals surface area contributed by atoms with Crippen LogP contribution in [0, 0.1) is 5.92 Å². The summed E-state index contributed by atoms with van der Waals surface area (Å²) >= 11 is 0. The Morgan fingerprint density at radius 1 is 1.41 bits per heavy atom. The van der Waals surface area contributed by atoms with Crippen LogP contribution < -0.4 is 5.32 Å². The molecule has 0 saturated carbocycles. The van der Waals surface area contributed by atoms with Crippen LogP contribution in [0.1, 0.15) is 41.0 Å². The molecule has 1 rings (SSSR count). The van der Waals surface area contributed by atoms with Gasteiger partial charge in [-0.2, -0.15) is 0 Å². The summed E-state index contributed by atoms with van der Waals surface area (Å²) in [5.74, 6) is 0.742. The Balaban J connectivity index is 2.62. The van der Waals surface area contributed by atoms with Crippen LogP contribution in [0.5, 0.6) is 0 Å². The van der Waals surface area contributed by atoms with Crippen molar-refractivity contribution in [3.63, 3.8) is 0 Å². The van der Waals surface area contributed by atoms with E-state index in [1.807, 2.05) is 0 Å².